The zero-order valence-corrected chi connectivity index (χ0v) is 24.4. The fourth-order valence-corrected chi connectivity index (χ4v) is 8.06. The maximum atomic E-state index is 13.4. The number of nitrogens with zero attached hydrogens (tertiary/aromatic N) is 5. The average molecular weight is 581 g/mol. The van der Waals surface area contributed by atoms with Crippen molar-refractivity contribution < 1.29 is 17.7 Å². The molecule has 2 fully saturated rings. The van der Waals surface area contributed by atoms with Gasteiger partial charge in [0.15, 0.2) is 11.5 Å². The van der Waals surface area contributed by atoms with Crippen molar-refractivity contribution in [2.45, 2.75) is 43.9 Å². The standard InChI is InChI=1S/C28H32N6O4S2/c1-17(31-28-22-6-4-5-21(25(22)29-16-30-28)26(35)20-7-8-20)15-33-11-13-34(14-12-33)40(36,37)24-10-9-23(39-24)27-18(2)19(3)32-38-27/h4-6,9-10,16-17,20H,7-8,11-15H2,1-3H3,(H,29,30,31). The Hall–Kier alpha value is -3.19. The van der Waals surface area contributed by atoms with E-state index in [9.17, 15) is 13.2 Å². The Morgan fingerprint density at radius 2 is 1.90 bits per heavy atom. The van der Waals surface area contributed by atoms with E-state index in [1.807, 2.05) is 32.0 Å². The van der Waals surface area contributed by atoms with Gasteiger partial charge in [0.05, 0.1) is 16.1 Å². The zero-order valence-electron chi connectivity index (χ0n) is 22.8. The van der Waals surface area contributed by atoms with Crippen LogP contribution in [0.4, 0.5) is 5.82 Å². The third-order valence-electron chi connectivity index (χ3n) is 7.68. The number of para-hydroxylation sites is 1. The van der Waals surface area contributed by atoms with Gasteiger partial charge in [0.2, 0.25) is 0 Å². The molecular formula is C28H32N6O4S2. The minimum absolute atomic E-state index is 0.0532. The molecular weight excluding hydrogens is 548 g/mol. The highest BCUT2D eigenvalue weighted by Crippen LogP contribution is 2.36. The zero-order chi connectivity index (χ0) is 28.0. The lowest BCUT2D eigenvalue weighted by molar-refractivity contribution is 0.0969. The lowest BCUT2D eigenvalue weighted by Crippen LogP contribution is -2.50. The number of hydrogen-bond donors (Lipinski definition) is 1. The van der Waals surface area contributed by atoms with E-state index >= 15 is 0 Å². The summed E-state index contributed by atoms with van der Waals surface area (Å²) in [6, 6.07) is 9.18. The van der Waals surface area contributed by atoms with Crippen molar-refractivity contribution in [3.8, 4) is 10.6 Å². The first-order chi connectivity index (χ1) is 19.2. The molecule has 1 saturated heterocycles. The van der Waals surface area contributed by atoms with E-state index < -0.39 is 10.0 Å². The molecule has 4 heterocycles. The summed E-state index contributed by atoms with van der Waals surface area (Å²) in [5.41, 5.74) is 3.07. The van der Waals surface area contributed by atoms with E-state index in [0.717, 1.165) is 40.9 Å². The average Bonchev–Trinajstić information content (AvgIpc) is 3.59. The highest BCUT2D eigenvalue weighted by atomic mass is 32.2. The second-order valence-electron chi connectivity index (χ2n) is 10.7. The summed E-state index contributed by atoms with van der Waals surface area (Å²) in [7, 11) is -3.59. The maximum Gasteiger partial charge on any atom is 0.252 e. The van der Waals surface area contributed by atoms with Gasteiger partial charge < -0.3 is 9.84 Å². The first-order valence-electron chi connectivity index (χ1n) is 13.5. The van der Waals surface area contributed by atoms with E-state index in [1.165, 1.54) is 17.7 Å². The van der Waals surface area contributed by atoms with E-state index in [0.29, 0.717) is 53.0 Å². The molecule has 6 rings (SSSR count). The number of carbonyl (C=O) groups excluding carboxylic acids is 1. The number of fused-ring (bicyclic) bond motifs is 1. The molecule has 40 heavy (non-hydrogen) atoms. The number of piperazine rings is 1. The van der Waals surface area contributed by atoms with Crippen LogP contribution in [0.2, 0.25) is 0 Å². The Kier molecular flexibility index (Phi) is 7.19. The van der Waals surface area contributed by atoms with Gasteiger partial charge >= 0.3 is 0 Å². The van der Waals surface area contributed by atoms with E-state index in [-0.39, 0.29) is 17.7 Å². The number of aromatic nitrogens is 3. The SMILES string of the molecule is Cc1noc(-c2ccc(S(=O)(=O)N3CCN(CC(C)Nc4ncnc5c(C(=O)C6CC6)cccc45)CC3)s2)c1C. The first kappa shape index (κ1) is 27.0. The first-order valence-corrected chi connectivity index (χ1v) is 15.8. The van der Waals surface area contributed by atoms with Crippen molar-refractivity contribution in [1.29, 1.82) is 0 Å². The normalized spacial score (nSPS) is 17.8. The van der Waals surface area contributed by atoms with Crippen LogP contribution in [0.5, 0.6) is 0 Å². The summed E-state index contributed by atoms with van der Waals surface area (Å²) in [6.45, 7) is 8.71. The van der Waals surface area contributed by atoms with Crippen LogP contribution in [0, 0.1) is 19.8 Å². The molecule has 0 spiro atoms. The minimum Gasteiger partial charge on any atom is -0.366 e. The highest BCUT2D eigenvalue weighted by molar-refractivity contribution is 7.91. The number of aryl methyl sites for hydroxylation is 1. The van der Waals surface area contributed by atoms with Crippen LogP contribution in [0.1, 0.15) is 41.4 Å². The Bertz CT molecular complexity index is 1670. The molecule has 1 atom stereocenters. The number of sulfonamides is 1. The molecule has 1 aliphatic carbocycles. The molecule has 2 aliphatic rings. The third-order valence-corrected chi connectivity index (χ3v) is 11.1. The maximum absolute atomic E-state index is 13.4. The Morgan fingerprint density at radius 1 is 1.12 bits per heavy atom. The molecule has 0 radical (unpaired) electrons. The molecule has 1 N–H and O–H groups in total. The summed E-state index contributed by atoms with van der Waals surface area (Å²) in [5, 5.41) is 8.31. The molecule has 1 aromatic carbocycles. The smallest absolute Gasteiger partial charge is 0.252 e. The minimum atomic E-state index is -3.59. The van der Waals surface area contributed by atoms with Gasteiger partial charge in [-0.2, -0.15) is 4.31 Å². The third kappa shape index (κ3) is 5.16. The van der Waals surface area contributed by atoms with Gasteiger partial charge in [-0.3, -0.25) is 9.69 Å². The highest BCUT2D eigenvalue weighted by Gasteiger charge is 2.32. The lowest BCUT2D eigenvalue weighted by Gasteiger charge is -2.35. The Labute approximate surface area is 237 Å². The predicted octanol–water partition coefficient (Wildman–Crippen LogP) is 4.36. The van der Waals surface area contributed by atoms with Crippen LogP contribution in [0.15, 0.2) is 45.4 Å². The lowest BCUT2D eigenvalue weighted by atomic mass is 10.0. The summed E-state index contributed by atoms with van der Waals surface area (Å²) in [4.78, 5) is 24.6. The van der Waals surface area contributed by atoms with Gasteiger partial charge in [0.25, 0.3) is 10.0 Å². The van der Waals surface area contributed by atoms with Crippen molar-refractivity contribution in [3.05, 3.63) is 53.5 Å². The van der Waals surface area contributed by atoms with Gasteiger partial charge in [-0.05, 0) is 57.9 Å². The number of ketones is 1. The summed E-state index contributed by atoms with van der Waals surface area (Å²) >= 11 is 1.22. The number of carbonyl (C=O) groups is 1. The number of rotatable bonds is 9. The van der Waals surface area contributed by atoms with Crippen LogP contribution in [0.3, 0.4) is 0 Å². The second-order valence-corrected chi connectivity index (χ2v) is 13.9. The molecule has 1 unspecified atom stereocenters. The Balaban J connectivity index is 1.08. The number of Topliss-reactive ketones (excluding diaryl/α,β-unsaturated/α-hetero) is 1. The van der Waals surface area contributed by atoms with Gasteiger partial charge in [-0.25, -0.2) is 18.4 Å². The van der Waals surface area contributed by atoms with Crippen LogP contribution < -0.4 is 5.32 Å². The molecule has 1 saturated carbocycles. The number of nitrogens with one attached hydrogen (secondary N) is 1. The van der Waals surface area contributed by atoms with Gasteiger partial charge in [0, 0.05) is 61.2 Å². The topological polar surface area (TPSA) is 122 Å². The molecule has 4 aromatic rings. The van der Waals surface area contributed by atoms with Crippen molar-refractivity contribution in [3.63, 3.8) is 0 Å². The van der Waals surface area contributed by atoms with E-state index in [4.69, 9.17) is 4.52 Å². The quantitative estimate of drug-likeness (QED) is 0.288. The van der Waals surface area contributed by atoms with Gasteiger partial charge in [-0.1, -0.05) is 11.2 Å². The van der Waals surface area contributed by atoms with Crippen LogP contribution in [0.25, 0.3) is 21.5 Å². The van der Waals surface area contributed by atoms with Gasteiger partial charge in [-0.15, -0.1) is 11.3 Å². The number of anilines is 1. The second kappa shape index (κ2) is 10.7. The van der Waals surface area contributed by atoms with Crippen LogP contribution in [-0.4, -0.2) is 77.3 Å². The fourth-order valence-electron chi connectivity index (χ4n) is 5.14. The van der Waals surface area contributed by atoms with Crippen molar-refractivity contribution in [2.75, 3.05) is 38.0 Å². The molecule has 210 valence electrons. The predicted molar refractivity (Wildman–Crippen MR) is 154 cm³/mol. The van der Waals surface area contributed by atoms with E-state index in [2.05, 4.69) is 32.3 Å². The number of hydrogen-bond acceptors (Lipinski definition) is 10. The molecule has 0 amide bonds. The van der Waals surface area contributed by atoms with Crippen molar-refractivity contribution >= 4 is 43.9 Å². The molecule has 0 bridgehead atoms. The summed E-state index contributed by atoms with van der Waals surface area (Å²) in [6.07, 6.45) is 3.41. The van der Waals surface area contributed by atoms with Crippen LogP contribution >= 0.6 is 11.3 Å². The largest absolute Gasteiger partial charge is 0.366 e. The van der Waals surface area contributed by atoms with Crippen molar-refractivity contribution in [1.82, 2.24) is 24.3 Å². The van der Waals surface area contributed by atoms with E-state index in [1.54, 1.807) is 16.4 Å². The summed E-state index contributed by atoms with van der Waals surface area (Å²) in [5.74, 6) is 1.62. The number of benzene rings is 1. The van der Waals surface area contributed by atoms with Crippen molar-refractivity contribution in [2.24, 2.45) is 5.92 Å². The van der Waals surface area contributed by atoms with Crippen LogP contribution in [-0.2, 0) is 10.0 Å². The molecule has 1 aliphatic heterocycles. The van der Waals surface area contributed by atoms with Gasteiger partial charge in [0.1, 0.15) is 16.4 Å². The molecule has 10 nitrogen and oxygen atoms in total. The fraction of sp³-hybridized carbons (Fsp3) is 0.429. The molecule has 12 heteroatoms. The summed E-state index contributed by atoms with van der Waals surface area (Å²) < 4.78 is 34.0. The Morgan fingerprint density at radius 3 is 2.60 bits per heavy atom. The number of thiophene rings is 1. The molecule has 3 aromatic heterocycles. The monoisotopic (exact) mass is 580 g/mol.